The van der Waals surface area contributed by atoms with Gasteiger partial charge in [0, 0.05) is 11.3 Å². The van der Waals surface area contributed by atoms with Crippen molar-refractivity contribution in [2.45, 2.75) is 18.7 Å². The molecule has 0 spiro atoms. The van der Waals surface area contributed by atoms with Gasteiger partial charge in [-0.2, -0.15) is 13.7 Å². The molecular weight excluding hydrogens is 412 g/mol. The van der Waals surface area contributed by atoms with Crippen molar-refractivity contribution in [2.24, 2.45) is 0 Å². The van der Waals surface area contributed by atoms with Crippen molar-refractivity contribution in [1.82, 2.24) is 0 Å². The molecule has 0 radical (unpaired) electrons. The Kier molecular flexibility index (Phi) is 6.53. The molecule has 1 amide bonds. The van der Waals surface area contributed by atoms with E-state index in [1.54, 1.807) is 42.5 Å². The molecule has 7 heteroatoms. The third-order valence-electron chi connectivity index (χ3n) is 4.40. The van der Waals surface area contributed by atoms with Gasteiger partial charge < -0.3 is 9.50 Å². The minimum Gasteiger partial charge on any atom is -0.378 e. The van der Waals surface area contributed by atoms with Crippen LogP contribution in [0.4, 0.5) is 5.69 Å². The summed E-state index contributed by atoms with van der Waals surface area (Å²) in [6, 6.07) is 21.5. The van der Waals surface area contributed by atoms with Crippen LogP contribution in [-0.4, -0.2) is 14.3 Å². The fraction of sp³-hybridized carbons (Fsp3) is 0.0833. The third kappa shape index (κ3) is 5.59. The molecule has 3 aromatic carbocycles. The number of carbonyl (C=O) groups is 1. The van der Waals surface area contributed by atoms with Gasteiger partial charge in [0.2, 0.25) is 0 Å². The van der Waals surface area contributed by atoms with Crippen molar-refractivity contribution in [3.63, 3.8) is 0 Å². The molecule has 0 atom stereocenters. The standard InChI is InChI=1S/C24H20N2O4S/c1-17-7-11-21(12-8-17)26-24(27)20(16-25)15-19-5-3-4-6-23(19)30-31(28,29)22-13-9-18(2)10-14-22/h3-15H,1-2H3,(H,26,27)/b20-15+. The van der Waals surface area contributed by atoms with Gasteiger partial charge in [0.25, 0.3) is 5.91 Å². The van der Waals surface area contributed by atoms with E-state index in [1.165, 1.54) is 24.3 Å². The fourth-order valence-electron chi connectivity index (χ4n) is 2.69. The minimum atomic E-state index is -4.08. The lowest BCUT2D eigenvalue weighted by atomic mass is 10.1. The summed E-state index contributed by atoms with van der Waals surface area (Å²) in [5.74, 6) is -0.596. The highest BCUT2D eigenvalue weighted by molar-refractivity contribution is 7.87. The number of nitriles is 1. The molecule has 3 aromatic rings. The van der Waals surface area contributed by atoms with Crippen molar-refractivity contribution in [3.05, 3.63) is 95.1 Å². The maximum Gasteiger partial charge on any atom is 0.339 e. The van der Waals surface area contributed by atoms with E-state index < -0.39 is 16.0 Å². The minimum absolute atomic E-state index is 0.00880. The number of hydrogen-bond acceptors (Lipinski definition) is 5. The van der Waals surface area contributed by atoms with Crippen LogP contribution in [0.15, 0.2) is 83.3 Å². The summed E-state index contributed by atoms with van der Waals surface area (Å²) in [7, 11) is -4.08. The van der Waals surface area contributed by atoms with Gasteiger partial charge in [-0.15, -0.1) is 0 Å². The van der Waals surface area contributed by atoms with E-state index in [4.69, 9.17) is 4.18 Å². The van der Waals surface area contributed by atoms with Crippen molar-refractivity contribution >= 4 is 27.8 Å². The van der Waals surface area contributed by atoms with Gasteiger partial charge in [-0.3, -0.25) is 4.79 Å². The molecule has 1 N–H and O–H groups in total. The highest BCUT2D eigenvalue weighted by Crippen LogP contribution is 2.25. The number of aryl methyl sites for hydroxylation is 2. The molecule has 0 saturated carbocycles. The van der Waals surface area contributed by atoms with Crippen LogP contribution in [0.5, 0.6) is 5.75 Å². The van der Waals surface area contributed by atoms with Gasteiger partial charge in [-0.1, -0.05) is 53.6 Å². The SMILES string of the molecule is Cc1ccc(NC(=O)/C(C#N)=C/c2ccccc2OS(=O)(=O)c2ccc(C)cc2)cc1. The van der Waals surface area contributed by atoms with E-state index in [9.17, 15) is 18.5 Å². The second kappa shape index (κ2) is 9.28. The van der Waals surface area contributed by atoms with Crippen LogP contribution in [0.1, 0.15) is 16.7 Å². The Morgan fingerprint density at radius 1 is 0.935 bits per heavy atom. The van der Waals surface area contributed by atoms with Crippen molar-refractivity contribution in [2.75, 3.05) is 5.32 Å². The highest BCUT2D eigenvalue weighted by Gasteiger charge is 2.19. The number of benzene rings is 3. The molecule has 0 bridgehead atoms. The van der Waals surface area contributed by atoms with E-state index >= 15 is 0 Å². The zero-order valence-electron chi connectivity index (χ0n) is 17.0. The Bertz CT molecular complexity index is 1270. The molecule has 0 aliphatic rings. The van der Waals surface area contributed by atoms with E-state index in [2.05, 4.69) is 5.32 Å². The molecule has 0 aliphatic carbocycles. The largest absolute Gasteiger partial charge is 0.378 e. The van der Waals surface area contributed by atoms with E-state index in [0.29, 0.717) is 5.69 Å². The predicted molar refractivity (Wildman–Crippen MR) is 119 cm³/mol. The molecule has 0 fully saturated rings. The average molecular weight is 433 g/mol. The van der Waals surface area contributed by atoms with Gasteiger partial charge in [0.15, 0.2) is 0 Å². The van der Waals surface area contributed by atoms with E-state index in [0.717, 1.165) is 11.1 Å². The molecule has 0 aliphatic heterocycles. The van der Waals surface area contributed by atoms with Gasteiger partial charge in [-0.25, -0.2) is 0 Å². The number of carbonyl (C=O) groups excluding carboxylic acids is 1. The number of nitrogens with zero attached hydrogens (tertiary/aromatic N) is 1. The number of anilines is 1. The summed E-state index contributed by atoms with van der Waals surface area (Å²) < 4.78 is 30.6. The molecule has 156 valence electrons. The number of para-hydroxylation sites is 1. The maximum absolute atomic E-state index is 12.6. The Morgan fingerprint density at radius 3 is 2.13 bits per heavy atom. The summed E-state index contributed by atoms with van der Waals surface area (Å²) in [6.07, 6.45) is 1.30. The quantitative estimate of drug-likeness (QED) is 0.348. The van der Waals surface area contributed by atoms with Crippen LogP contribution in [0.2, 0.25) is 0 Å². The van der Waals surface area contributed by atoms with Crippen LogP contribution in [-0.2, 0) is 14.9 Å². The van der Waals surface area contributed by atoms with Crippen molar-refractivity contribution in [1.29, 1.82) is 5.26 Å². The summed E-state index contributed by atoms with van der Waals surface area (Å²) in [6.45, 7) is 3.77. The first-order valence-corrected chi connectivity index (χ1v) is 10.8. The predicted octanol–water partition coefficient (Wildman–Crippen LogP) is 4.62. The number of amides is 1. The summed E-state index contributed by atoms with van der Waals surface area (Å²) in [5.41, 5.74) is 2.59. The normalized spacial score (nSPS) is 11.5. The van der Waals surface area contributed by atoms with Crippen molar-refractivity contribution in [3.8, 4) is 11.8 Å². The molecule has 0 aromatic heterocycles. The van der Waals surface area contributed by atoms with Crippen molar-refractivity contribution < 1.29 is 17.4 Å². The topological polar surface area (TPSA) is 96.3 Å². The zero-order chi connectivity index (χ0) is 22.4. The van der Waals surface area contributed by atoms with E-state index in [1.807, 2.05) is 32.0 Å². The molecule has 0 heterocycles. The monoisotopic (exact) mass is 432 g/mol. The van der Waals surface area contributed by atoms with Crippen LogP contribution in [0.25, 0.3) is 6.08 Å². The third-order valence-corrected chi connectivity index (χ3v) is 5.65. The smallest absolute Gasteiger partial charge is 0.339 e. The van der Waals surface area contributed by atoms with Gasteiger partial charge in [-0.05, 0) is 50.3 Å². The first kappa shape index (κ1) is 21.8. The van der Waals surface area contributed by atoms with Crippen LogP contribution < -0.4 is 9.50 Å². The van der Waals surface area contributed by atoms with Gasteiger partial charge >= 0.3 is 10.1 Å². The first-order valence-electron chi connectivity index (χ1n) is 9.38. The first-order chi connectivity index (χ1) is 14.8. The van der Waals surface area contributed by atoms with Crippen LogP contribution >= 0.6 is 0 Å². The Hall–Kier alpha value is -3.89. The van der Waals surface area contributed by atoms with Crippen LogP contribution in [0, 0.1) is 25.2 Å². The summed E-state index contributed by atoms with van der Waals surface area (Å²) in [5, 5.41) is 12.1. The molecule has 31 heavy (non-hydrogen) atoms. The molecule has 0 saturated heterocycles. The van der Waals surface area contributed by atoms with Crippen LogP contribution in [0.3, 0.4) is 0 Å². The Labute approximate surface area is 181 Å². The highest BCUT2D eigenvalue weighted by atomic mass is 32.2. The Balaban J connectivity index is 1.88. The second-order valence-corrected chi connectivity index (χ2v) is 8.42. The fourth-order valence-corrected chi connectivity index (χ4v) is 3.64. The summed E-state index contributed by atoms with van der Waals surface area (Å²) >= 11 is 0. The Morgan fingerprint density at radius 2 is 1.52 bits per heavy atom. The zero-order valence-corrected chi connectivity index (χ0v) is 17.8. The molecule has 6 nitrogen and oxygen atoms in total. The lowest BCUT2D eigenvalue weighted by molar-refractivity contribution is -0.112. The number of hydrogen-bond donors (Lipinski definition) is 1. The summed E-state index contributed by atoms with van der Waals surface area (Å²) in [4.78, 5) is 12.5. The average Bonchev–Trinajstić information content (AvgIpc) is 2.74. The number of nitrogens with one attached hydrogen (secondary N) is 1. The maximum atomic E-state index is 12.6. The molecule has 0 unspecified atom stereocenters. The van der Waals surface area contributed by atoms with E-state index in [-0.39, 0.29) is 21.8 Å². The van der Waals surface area contributed by atoms with Gasteiger partial charge in [0.1, 0.15) is 22.3 Å². The molecular formula is C24H20N2O4S. The molecule has 3 rings (SSSR count). The lowest BCUT2D eigenvalue weighted by Crippen LogP contribution is -2.14. The van der Waals surface area contributed by atoms with Gasteiger partial charge in [0.05, 0.1) is 0 Å². The second-order valence-electron chi connectivity index (χ2n) is 6.88. The number of rotatable bonds is 6. The lowest BCUT2D eigenvalue weighted by Gasteiger charge is -2.10.